The third kappa shape index (κ3) is 4.00. The molecule has 0 unspecified atom stereocenters. The normalized spacial score (nSPS) is 19.3. The van der Waals surface area contributed by atoms with E-state index in [1.165, 1.54) is 6.07 Å². The lowest BCUT2D eigenvalue weighted by molar-refractivity contribution is 0.0302. The van der Waals surface area contributed by atoms with Crippen LogP contribution in [0.15, 0.2) is 12.1 Å². The van der Waals surface area contributed by atoms with Crippen molar-refractivity contribution in [3.05, 3.63) is 34.9 Å². The molecule has 0 bridgehead atoms. The maximum atomic E-state index is 14.1. The summed E-state index contributed by atoms with van der Waals surface area (Å²) in [6.07, 6.45) is 1.51. The Labute approximate surface area is 140 Å². The second-order valence-electron chi connectivity index (χ2n) is 5.79. The lowest BCUT2D eigenvalue weighted by atomic mass is 9.88. The van der Waals surface area contributed by atoms with Crippen LogP contribution < -0.4 is 5.32 Å². The van der Waals surface area contributed by atoms with Gasteiger partial charge in [0.25, 0.3) is 5.91 Å². The van der Waals surface area contributed by atoms with Gasteiger partial charge in [-0.1, -0.05) is 0 Å². The largest absolute Gasteiger partial charge is 0.378 e. The molecule has 2 fully saturated rings. The molecule has 1 N–H and O–H groups in total. The van der Waals surface area contributed by atoms with Crippen LogP contribution in [0.5, 0.6) is 0 Å². The van der Waals surface area contributed by atoms with Crippen molar-refractivity contribution in [2.75, 3.05) is 39.4 Å². The zero-order valence-electron chi connectivity index (χ0n) is 12.8. The molecule has 0 radical (unpaired) electrons. The molecule has 3 rings (SSSR count). The van der Waals surface area contributed by atoms with E-state index in [1.54, 1.807) is 4.90 Å². The number of halogens is 3. The summed E-state index contributed by atoms with van der Waals surface area (Å²) in [6.45, 7) is 3.51. The van der Waals surface area contributed by atoms with Crippen molar-refractivity contribution >= 4 is 18.3 Å². The van der Waals surface area contributed by atoms with Gasteiger partial charge in [0, 0.05) is 18.7 Å². The molecule has 23 heavy (non-hydrogen) atoms. The monoisotopic (exact) mass is 346 g/mol. The Kier molecular flexibility index (Phi) is 6.33. The number of hydrogen-bond acceptors (Lipinski definition) is 3. The molecule has 2 heterocycles. The molecule has 0 saturated carbocycles. The molecule has 1 aromatic carbocycles. The predicted octanol–water partition coefficient (Wildman–Crippen LogP) is 2.33. The number of rotatable bonds is 2. The molecule has 1 aromatic rings. The van der Waals surface area contributed by atoms with Crippen molar-refractivity contribution in [1.29, 1.82) is 0 Å². The smallest absolute Gasteiger partial charge is 0.254 e. The van der Waals surface area contributed by atoms with Gasteiger partial charge in [-0.15, -0.1) is 12.4 Å². The second kappa shape index (κ2) is 8.04. The fourth-order valence-electron chi connectivity index (χ4n) is 3.11. The molecular formula is C16H21ClF2N2O2. The molecule has 128 valence electrons. The second-order valence-corrected chi connectivity index (χ2v) is 5.79. The van der Waals surface area contributed by atoms with Crippen LogP contribution >= 0.6 is 12.4 Å². The highest BCUT2D eigenvalue weighted by molar-refractivity contribution is 5.94. The summed E-state index contributed by atoms with van der Waals surface area (Å²) >= 11 is 0. The van der Waals surface area contributed by atoms with Gasteiger partial charge >= 0.3 is 0 Å². The van der Waals surface area contributed by atoms with Gasteiger partial charge in [-0.3, -0.25) is 4.79 Å². The summed E-state index contributed by atoms with van der Waals surface area (Å²) in [5.41, 5.74) is 0.562. The molecule has 0 aromatic heterocycles. The van der Waals surface area contributed by atoms with Crippen LogP contribution in [0.1, 0.15) is 34.7 Å². The lowest BCUT2D eigenvalue weighted by Gasteiger charge is -2.28. The number of piperidine rings is 1. The van der Waals surface area contributed by atoms with E-state index < -0.39 is 11.6 Å². The van der Waals surface area contributed by atoms with Gasteiger partial charge in [0.1, 0.15) is 0 Å². The number of amides is 1. The topological polar surface area (TPSA) is 41.6 Å². The van der Waals surface area contributed by atoms with E-state index in [9.17, 15) is 13.6 Å². The Bertz CT molecular complexity index is 559. The first-order valence-electron chi connectivity index (χ1n) is 7.73. The lowest BCUT2D eigenvalue weighted by Crippen LogP contribution is -2.40. The first-order chi connectivity index (χ1) is 10.7. The van der Waals surface area contributed by atoms with E-state index in [4.69, 9.17) is 4.74 Å². The summed E-state index contributed by atoms with van der Waals surface area (Å²) in [5, 5.41) is 3.20. The van der Waals surface area contributed by atoms with Crippen LogP contribution in [0.3, 0.4) is 0 Å². The average molecular weight is 347 g/mol. The van der Waals surface area contributed by atoms with E-state index >= 15 is 0 Å². The Hall–Kier alpha value is -1.24. The number of benzene rings is 1. The molecule has 2 saturated heterocycles. The van der Waals surface area contributed by atoms with Crippen LogP contribution in [0.2, 0.25) is 0 Å². The molecule has 0 aliphatic carbocycles. The Morgan fingerprint density at radius 3 is 2.48 bits per heavy atom. The summed E-state index contributed by atoms with van der Waals surface area (Å²) in [5.74, 6) is -2.04. The standard InChI is InChI=1S/C16H20F2N2O2.ClH/c17-14-10-12(16(21)20-5-7-22-8-6-20)9-13(15(14)18)11-1-3-19-4-2-11;/h9-11,19H,1-8H2;1H. The predicted molar refractivity (Wildman–Crippen MR) is 85.2 cm³/mol. The van der Waals surface area contributed by atoms with E-state index in [-0.39, 0.29) is 29.8 Å². The van der Waals surface area contributed by atoms with Crippen molar-refractivity contribution in [2.24, 2.45) is 0 Å². The minimum atomic E-state index is -0.937. The molecular weight excluding hydrogens is 326 g/mol. The highest BCUT2D eigenvalue weighted by Gasteiger charge is 2.25. The van der Waals surface area contributed by atoms with Gasteiger partial charge < -0.3 is 15.0 Å². The van der Waals surface area contributed by atoms with Crippen LogP contribution in [0.4, 0.5) is 8.78 Å². The summed E-state index contributed by atoms with van der Waals surface area (Å²) in [6, 6.07) is 2.55. The van der Waals surface area contributed by atoms with Crippen molar-refractivity contribution < 1.29 is 18.3 Å². The number of nitrogens with one attached hydrogen (secondary N) is 1. The number of carbonyl (C=O) groups is 1. The highest BCUT2D eigenvalue weighted by Crippen LogP contribution is 2.30. The van der Waals surface area contributed by atoms with Gasteiger partial charge in [-0.2, -0.15) is 0 Å². The molecule has 0 atom stereocenters. The van der Waals surface area contributed by atoms with Crippen molar-refractivity contribution in [3.63, 3.8) is 0 Å². The van der Waals surface area contributed by atoms with Crippen LogP contribution in [-0.2, 0) is 4.74 Å². The average Bonchev–Trinajstić information content (AvgIpc) is 2.58. The molecule has 7 heteroatoms. The van der Waals surface area contributed by atoms with Crippen molar-refractivity contribution in [3.8, 4) is 0 Å². The summed E-state index contributed by atoms with van der Waals surface area (Å²) in [7, 11) is 0. The van der Waals surface area contributed by atoms with Crippen molar-refractivity contribution in [1.82, 2.24) is 10.2 Å². The first-order valence-corrected chi connectivity index (χ1v) is 7.73. The fraction of sp³-hybridized carbons (Fsp3) is 0.562. The number of hydrogen-bond donors (Lipinski definition) is 1. The van der Waals surface area contributed by atoms with Crippen LogP contribution in [0.25, 0.3) is 0 Å². The maximum absolute atomic E-state index is 14.1. The molecule has 0 spiro atoms. The fourth-order valence-corrected chi connectivity index (χ4v) is 3.11. The van der Waals surface area contributed by atoms with Gasteiger partial charge in [0.05, 0.1) is 13.2 Å². The number of morpholine rings is 1. The summed E-state index contributed by atoms with van der Waals surface area (Å²) < 4.78 is 33.3. The minimum absolute atomic E-state index is 0. The first kappa shape index (κ1) is 18.1. The molecule has 1 amide bonds. The highest BCUT2D eigenvalue weighted by atomic mass is 35.5. The number of ether oxygens (including phenoxy) is 1. The maximum Gasteiger partial charge on any atom is 0.254 e. The Morgan fingerprint density at radius 2 is 1.83 bits per heavy atom. The molecule has 2 aliphatic heterocycles. The summed E-state index contributed by atoms with van der Waals surface area (Å²) in [4.78, 5) is 14.1. The molecule has 4 nitrogen and oxygen atoms in total. The van der Waals surface area contributed by atoms with Gasteiger partial charge in [-0.25, -0.2) is 8.78 Å². The van der Waals surface area contributed by atoms with E-state index in [0.717, 1.165) is 32.0 Å². The SMILES string of the molecule is Cl.O=C(c1cc(F)c(F)c(C2CCNCC2)c1)N1CCOCC1. The van der Waals surface area contributed by atoms with E-state index in [2.05, 4.69) is 5.32 Å². The van der Waals surface area contributed by atoms with Gasteiger partial charge in [-0.05, 0) is 49.5 Å². The van der Waals surface area contributed by atoms with Crippen LogP contribution in [-0.4, -0.2) is 50.2 Å². The third-order valence-corrected chi connectivity index (χ3v) is 4.38. The third-order valence-electron chi connectivity index (χ3n) is 4.38. The molecule has 2 aliphatic rings. The zero-order valence-corrected chi connectivity index (χ0v) is 13.6. The van der Waals surface area contributed by atoms with Gasteiger partial charge in [0.15, 0.2) is 11.6 Å². The van der Waals surface area contributed by atoms with Crippen LogP contribution in [0, 0.1) is 11.6 Å². The van der Waals surface area contributed by atoms with E-state index in [0.29, 0.717) is 31.9 Å². The zero-order chi connectivity index (χ0) is 15.5. The van der Waals surface area contributed by atoms with Crippen molar-refractivity contribution in [2.45, 2.75) is 18.8 Å². The quantitative estimate of drug-likeness (QED) is 0.893. The van der Waals surface area contributed by atoms with E-state index in [1.807, 2.05) is 0 Å². The Morgan fingerprint density at radius 1 is 1.17 bits per heavy atom. The minimum Gasteiger partial charge on any atom is -0.378 e. The number of carbonyl (C=O) groups excluding carboxylic acids is 1. The number of nitrogens with zero attached hydrogens (tertiary/aromatic N) is 1. The Balaban J connectivity index is 0.00000192. The van der Waals surface area contributed by atoms with Gasteiger partial charge in [0.2, 0.25) is 0 Å².